The van der Waals surface area contributed by atoms with Crippen molar-refractivity contribution in [3.05, 3.63) is 0 Å². The number of hydrogen-bond donors (Lipinski definition) is 1. The number of aliphatic hydroxyl groups excluding tert-OH is 1. The van der Waals surface area contributed by atoms with Crippen LogP contribution in [0.5, 0.6) is 0 Å². The second-order valence-corrected chi connectivity index (χ2v) is 5.12. The summed E-state index contributed by atoms with van der Waals surface area (Å²) in [4.78, 5) is 4.67. The van der Waals surface area contributed by atoms with Crippen LogP contribution in [-0.4, -0.2) is 74.0 Å². The minimum absolute atomic E-state index is 0.146. The smallest absolute Gasteiger partial charge is 0.0696 e. The number of likely N-dealkylation sites (tertiary alicyclic amines) is 1. The maximum absolute atomic E-state index is 10.2. The predicted molar refractivity (Wildman–Crippen MR) is 63.5 cm³/mol. The van der Waals surface area contributed by atoms with E-state index in [2.05, 4.69) is 16.8 Å². The van der Waals surface area contributed by atoms with Crippen molar-refractivity contribution in [1.29, 1.82) is 0 Å². The normalized spacial score (nSPS) is 28.1. The monoisotopic (exact) mass is 228 g/mol. The van der Waals surface area contributed by atoms with Crippen molar-refractivity contribution in [2.24, 2.45) is 5.92 Å². The molecule has 0 aliphatic carbocycles. The van der Waals surface area contributed by atoms with Gasteiger partial charge in [0.2, 0.25) is 0 Å². The molecule has 0 aromatic carbocycles. The zero-order chi connectivity index (χ0) is 11.4. The highest BCUT2D eigenvalue weighted by molar-refractivity contribution is 4.79. The minimum atomic E-state index is -0.146. The number of ether oxygens (including phenoxy) is 1. The van der Waals surface area contributed by atoms with Crippen LogP contribution in [0.15, 0.2) is 0 Å². The molecule has 4 heteroatoms. The lowest BCUT2D eigenvalue weighted by molar-refractivity contribution is -0.00829. The van der Waals surface area contributed by atoms with Crippen LogP contribution in [0.25, 0.3) is 0 Å². The highest BCUT2D eigenvalue weighted by Crippen LogP contribution is 2.20. The first-order valence-corrected chi connectivity index (χ1v) is 6.42. The summed E-state index contributed by atoms with van der Waals surface area (Å²) in [5.41, 5.74) is 0. The molecule has 0 spiro atoms. The van der Waals surface area contributed by atoms with Gasteiger partial charge in [0, 0.05) is 19.6 Å². The van der Waals surface area contributed by atoms with Gasteiger partial charge in [-0.3, -0.25) is 4.90 Å². The Morgan fingerprint density at radius 3 is 2.44 bits per heavy atom. The molecule has 0 saturated carbocycles. The molecule has 2 rings (SSSR count). The fourth-order valence-corrected chi connectivity index (χ4v) is 2.61. The average Bonchev–Trinajstić information content (AvgIpc) is 2.31. The highest BCUT2D eigenvalue weighted by atomic mass is 16.5. The number of nitrogens with zero attached hydrogens (tertiary/aromatic N) is 2. The van der Waals surface area contributed by atoms with E-state index >= 15 is 0 Å². The quantitative estimate of drug-likeness (QED) is 0.739. The molecule has 94 valence electrons. The molecule has 0 amide bonds. The Morgan fingerprint density at radius 2 is 1.81 bits per heavy atom. The third-order valence-corrected chi connectivity index (χ3v) is 3.86. The topological polar surface area (TPSA) is 35.9 Å². The molecule has 1 unspecified atom stereocenters. The molecule has 4 nitrogen and oxygen atoms in total. The molecular formula is C12H24N2O2. The van der Waals surface area contributed by atoms with Crippen molar-refractivity contribution < 1.29 is 9.84 Å². The van der Waals surface area contributed by atoms with Gasteiger partial charge in [0.1, 0.15) is 0 Å². The van der Waals surface area contributed by atoms with E-state index in [1.807, 2.05) is 0 Å². The van der Waals surface area contributed by atoms with Crippen LogP contribution in [0.1, 0.15) is 12.8 Å². The lowest BCUT2D eigenvalue weighted by Crippen LogP contribution is -2.45. The number of piperidine rings is 1. The summed E-state index contributed by atoms with van der Waals surface area (Å²) in [5.74, 6) is 0.499. The van der Waals surface area contributed by atoms with Crippen LogP contribution < -0.4 is 0 Å². The first-order chi connectivity index (χ1) is 7.75. The maximum Gasteiger partial charge on any atom is 0.0696 e. The Bertz CT molecular complexity index is 199. The van der Waals surface area contributed by atoms with E-state index in [-0.39, 0.29) is 6.10 Å². The van der Waals surface area contributed by atoms with E-state index in [4.69, 9.17) is 4.74 Å². The Hall–Kier alpha value is -0.160. The zero-order valence-corrected chi connectivity index (χ0v) is 10.3. The van der Waals surface area contributed by atoms with Gasteiger partial charge in [0.25, 0.3) is 0 Å². The van der Waals surface area contributed by atoms with Gasteiger partial charge in [-0.15, -0.1) is 0 Å². The Balaban J connectivity index is 1.72. The van der Waals surface area contributed by atoms with Gasteiger partial charge in [-0.2, -0.15) is 0 Å². The minimum Gasteiger partial charge on any atom is -0.392 e. The van der Waals surface area contributed by atoms with Gasteiger partial charge in [-0.25, -0.2) is 0 Å². The molecule has 2 aliphatic heterocycles. The number of aliphatic hydroxyl groups is 1. The molecule has 0 aromatic rings. The second-order valence-electron chi connectivity index (χ2n) is 5.12. The molecule has 16 heavy (non-hydrogen) atoms. The van der Waals surface area contributed by atoms with Gasteiger partial charge >= 0.3 is 0 Å². The van der Waals surface area contributed by atoms with Crippen molar-refractivity contribution in [2.45, 2.75) is 18.9 Å². The van der Waals surface area contributed by atoms with E-state index in [9.17, 15) is 5.11 Å². The summed E-state index contributed by atoms with van der Waals surface area (Å²) in [6.45, 7) is 6.68. The summed E-state index contributed by atoms with van der Waals surface area (Å²) in [6.07, 6.45) is 2.14. The average molecular weight is 228 g/mol. The van der Waals surface area contributed by atoms with Crippen LogP contribution in [0, 0.1) is 5.92 Å². The molecule has 0 bridgehead atoms. The van der Waals surface area contributed by atoms with E-state index in [1.54, 1.807) is 0 Å². The lowest BCUT2D eigenvalue weighted by atomic mass is 9.91. The standard InChI is InChI=1S/C12H24N2O2/c1-13-4-2-11(3-5-13)12(15)10-14-6-8-16-9-7-14/h11-12,15H,2-10H2,1H3. The number of rotatable bonds is 3. The fourth-order valence-electron chi connectivity index (χ4n) is 2.61. The summed E-state index contributed by atoms with van der Waals surface area (Å²) in [7, 11) is 2.16. The molecule has 2 aliphatic rings. The van der Waals surface area contributed by atoms with E-state index in [1.165, 1.54) is 0 Å². The predicted octanol–water partition coefficient (Wildman–Crippen LogP) is 0.0213. The van der Waals surface area contributed by atoms with Gasteiger partial charge in [-0.05, 0) is 38.9 Å². The first-order valence-electron chi connectivity index (χ1n) is 6.42. The van der Waals surface area contributed by atoms with Crippen molar-refractivity contribution in [2.75, 3.05) is 53.0 Å². The van der Waals surface area contributed by atoms with Crippen LogP contribution >= 0.6 is 0 Å². The molecule has 1 N–H and O–H groups in total. The van der Waals surface area contributed by atoms with E-state index < -0.39 is 0 Å². The third-order valence-electron chi connectivity index (χ3n) is 3.86. The maximum atomic E-state index is 10.2. The van der Waals surface area contributed by atoms with Crippen LogP contribution in [0.3, 0.4) is 0 Å². The van der Waals surface area contributed by atoms with Gasteiger partial charge in [0.05, 0.1) is 19.3 Å². The van der Waals surface area contributed by atoms with Crippen molar-refractivity contribution in [3.8, 4) is 0 Å². The summed E-state index contributed by atoms with van der Waals surface area (Å²) in [5, 5.41) is 10.2. The van der Waals surface area contributed by atoms with Crippen LogP contribution in [0.2, 0.25) is 0 Å². The Labute approximate surface area is 98.2 Å². The van der Waals surface area contributed by atoms with Gasteiger partial charge in [0.15, 0.2) is 0 Å². The summed E-state index contributed by atoms with van der Waals surface area (Å²) < 4.78 is 5.31. The van der Waals surface area contributed by atoms with Crippen molar-refractivity contribution >= 4 is 0 Å². The number of β-amino-alcohol motifs (C(OH)–C–C–N with tert-alkyl or cyclic N) is 1. The SMILES string of the molecule is CN1CCC(C(O)CN2CCOCC2)CC1. The van der Waals surface area contributed by atoms with Gasteiger partial charge in [-0.1, -0.05) is 0 Å². The fraction of sp³-hybridized carbons (Fsp3) is 1.00. The molecular weight excluding hydrogens is 204 g/mol. The highest BCUT2D eigenvalue weighted by Gasteiger charge is 2.25. The van der Waals surface area contributed by atoms with Crippen molar-refractivity contribution in [1.82, 2.24) is 9.80 Å². The molecule has 0 aromatic heterocycles. The first kappa shape index (κ1) is 12.3. The largest absolute Gasteiger partial charge is 0.392 e. The Kier molecular flexibility index (Phi) is 4.58. The molecule has 1 atom stereocenters. The summed E-state index contributed by atoms with van der Waals surface area (Å²) >= 11 is 0. The van der Waals surface area contributed by atoms with E-state index in [0.29, 0.717) is 5.92 Å². The molecule has 2 fully saturated rings. The van der Waals surface area contributed by atoms with Crippen LogP contribution in [-0.2, 0) is 4.74 Å². The number of hydrogen-bond acceptors (Lipinski definition) is 4. The molecule has 2 saturated heterocycles. The third kappa shape index (κ3) is 3.42. The zero-order valence-electron chi connectivity index (χ0n) is 10.3. The number of morpholine rings is 1. The summed E-state index contributed by atoms with van der Waals surface area (Å²) in [6, 6.07) is 0. The lowest BCUT2D eigenvalue weighted by Gasteiger charge is -2.35. The Morgan fingerprint density at radius 1 is 1.19 bits per heavy atom. The van der Waals surface area contributed by atoms with Crippen molar-refractivity contribution in [3.63, 3.8) is 0 Å². The van der Waals surface area contributed by atoms with Gasteiger partial charge < -0.3 is 14.7 Å². The second kappa shape index (κ2) is 5.96. The van der Waals surface area contributed by atoms with Crippen LogP contribution in [0.4, 0.5) is 0 Å². The van der Waals surface area contributed by atoms with E-state index in [0.717, 1.165) is 58.8 Å². The molecule has 0 radical (unpaired) electrons. The molecule has 2 heterocycles.